The third kappa shape index (κ3) is 83.7. The third-order valence-electron chi connectivity index (χ3n) is 17.4. The normalized spacial score (nSPS) is 14.7. The minimum absolute atomic E-state index is 0.0307. The van der Waals surface area contributed by atoms with E-state index in [-0.39, 0.29) is 19.3 Å². The fourth-order valence-electron chi connectivity index (χ4n) is 11.0. The van der Waals surface area contributed by atoms with Gasteiger partial charge in [0.2, 0.25) is 0 Å². The molecule has 18 heteroatoms. The lowest BCUT2D eigenvalue weighted by atomic mass is 10.0. The van der Waals surface area contributed by atoms with Crippen molar-refractivity contribution in [2.24, 2.45) is 0 Å². The van der Waals surface area contributed by atoms with E-state index in [0.717, 1.165) is 128 Å². The second kappa shape index (κ2) is 82.4. The van der Waals surface area contributed by atoms with Crippen molar-refractivity contribution in [2.75, 3.05) is 39.6 Å². The van der Waals surface area contributed by atoms with Crippen molar-refractivity contribution in [3.8, 4) is 0 Å². The van der Waals surface area contributed by atoms with Crippen LogP contribution < -0.4 is 0 Å². The molecule has 0 bridgehead atoms. The van der Waals surface area contributed by atoms with E-state index < -0.39 is 91.5 Å². The van der Waals surface area contributed by atoms with Crippen LogP contribution in [0.4, 0.5) is 0 Å². The van der Waals surface area contributed by atoms with E-state index in [4.69, 9.17) is 32.3 Å². The van der Waals surface area contributed by atoms with Gasteiger partial charge in [0, 0.05) is 19.3 Å². The average molecular weight is 1560 g/mol. The van der Waals surface area contributed by atoms with E-state index in [1.54, 1.807) is 0 Å². The predicted molar refractivity (Wildman–Crippen MR) is 454 cm³/mol. The van der Waals surface area contributed by atoms with Crippen molar-refractivity contribution >= 4 is 33.6 Å². The van der Waals surface area contributed by atoms with Crippen LogP contribution in [0.1, 0.15) is 329 Å². The number of rotatable bonds is 79. The van der Waals surface area contributed by atoms with Crippen molar-refractivity contribution in [1.29, 1.82) is 0 Å². The standard InChI is InChI=1S/C91H152O16P2/c1-4-7-10-13-16-19-22-25-28-31-34-36-37-38-39-40-41-42-43-44-45-46-47-49-52-53-56-59-62-65-68-71-74-77-89(94)101-80-86(92)81-103-108(97,98)104-82-87(93)83-105-109(99,100)106-85-88(107-91(96)79-76-73-70-67-64-61-58-55-50-33-30-27-24-21-18-15-12-9-6-3)84-102-90(95)78-75-72-69-66-63-60-57-54-51-48-35-32-29-26-23-20-17-14-11-8-5-2/h9,12,16-21,25-30,34-36,38-39,48,50,54-55,57,61,64,70,73,86-88,92-93H,4-8,10-11,13-15,22-24,31-33,37,40-47,49,51-53,56,58-60,62-63,65-69,71-72,74-85H2,1-3H3,(H,97,98)(H,99,100)/b12-9-,19-16-,20-17-,21-18-,28-25-,29-26-,30-27-,36-34-,39-38-,48-35-,55-50-,57-54-,64-61-,73-70-. The number of ether oxygens (including phenoxy) is 3. The molecule has 0 amide bonds. The third-order valence-corrected chi connectivity index (χ3v) is 19.3. The topological polar surface area (TPSA) is 231 Å². The summed E-state index contributed by atoms with van der Waals surface area (Å²) in [5.74, 6) is -1.70. The molecule has 0 saturated carbocycles. The first-order valence-corrected chi connectivity index (χ1v) is 45.4. The van der Waals surface area contributed by atoms with Crippen molar-refractivity contribution in [2.45, 2.75) is 347 Å². The van der Waals surface area contributed by atoms with Crippen LogP contribution in [0.15, 0.2) is 170 Å². The number of esters is 3. The molecule has 0 heterocycles. The van der Waals surface area contributed by atoms with E-state index in [1.165, 1.54) is 135 Å². The van der Waals surface area contributed by atoms with Gasteiger partial charge in [-0.1, -0.05) is 332 Å². The Labute approximate surface area is 662 Å². The highest BCUT2D eigenvalue weighted by Gasteiger charge is 2.29. The zero-order chi connectivity index (χ0) is 79.4. The number of hydrogen-bond donors (Lipinski definition) is 4. The van der Waals surface area contributed by atoms with Crippen LogP contribution in [-0.2, 0) is 55.8 Å². The molecular formula is C91H152O16P2. The molecule has 0 aromatic rings. The fraction of sp³-hybridized carbons (Fsp3) is 0.659. The molecule has 0 radical (unpaired) electrons. The highest BCUT2D eigenvalue weighted by atomic mass is 31.2. The molecule has 0 aliphatic carbocycles. The SMILES string of the molecule is CC/C=C\C/C=C\C/C=C\C/C=C\C/C=C\C/C=C\CCC(=O)OC(COC(=O)CCCCCCC/C=C\C/C=C\C/C=C\C/C=C\CCCCC)COP(=O)(O)OCC(O)COP(=O)(O)OCC(O)COC(=O)CCCCCCCCCCCCCCCCCCC/C=C\C/C=C\C/C=C\C/C=C\CCCCC. The molecule has 0 saturated heterocycles. The number of unbranched alkanes of at least 4 members (excludes halogenated alkanes) is 28. The first-order chi connectivity index (χ1) is 53.2. The Morgan fingerprint density at radius 1 is 0.266 bits per heavy atom. The lowest BCUT2D eigenvalue weighted by Crippen LogP contribution is -2.29. The van der Waals surface area contributed by atoms with Gasteiger partial charge in [0.1, 0.15) is 25.4 Å². The second-order valence-corrected chi connectivity index (χ2v) is 30.8. The van der Waals surface area contributed by atoms with E-state index >= 15 is 0 Å². The minimum atomic E-state index is -4.96. The van der Waals surface area contributed by atoms with Crippen LogP contribution in [0, 0.1) is 0 Å². The summed E-state index contributed by atoms with van der Waals surface area (Å²) in [7, 11) is -9.84. The van der Waals surface area contributed by atoms with Crippen molar-refractivity contribution < 1.29 is 75.8 Å². The van der Waals surface area contributed by atoms with Gasteiger partial charge in [0.15, 0.2) is 6.10 Å². The summed E-state index contributed by atoms with van der Waals surface area (Å²) in [6.07, 6.45) is 106. The minimum Gasteiger partial charge on any atom is -0.463 e. The fourth-order valence-corrected chi connectivity index (χ4v) is 12.6. The van der Waals surface area contributed by atoms with Gasteiger partial charge < -0.3 is 34.2 Å². The number of allylic oxidation sites excluding steroid dienone is 28. The molecule has 0 spiro atoms. The van der Waals surface area contributed by atoms with Crippen molar-refractivity contribution in [1.82, 2.24) is 0 Å². The predicted octanol–water partition coefficient (Wildman–Crippen LogP) is 25.5. The van der Waals surface area contributed by atoms with Gasteiger partial charge in [-0.25, -0.2) is 9.13 Å². The number of aliphatic hydroxyl groups excluding tert-OH is 2. The van der Waals surface area contributed by atoms with Crippen LogP contribution in [0.5, 0.6) is 0 Å². The monoisotopic (exact) mass is 1560 g/mol. The zero-order valence-electron chi connectivity index (χ0n) is 68.2. The van der Waals surface area contributed by atoms with Gasteiger partial charge in [0.05, 0.1) is 26.4 Å². The van der Waals surface area contributed by atoms with Gasteiger partial charge in [-0.3, -0.25) is 32.5 Å². The van der Waals surface area contributed by atoms with Gasteiger partial charge in [0.25, 0.3) is 0 Å². The Morgan fingerprint density at radius 3 is 0.807 bits per heavy atom. The molecule has 109 heavy (non-hydrogen) atoms. The Hall–Kier alpha value is -5.09. The molecule has 4 N–H and O–H groups in total. The summed E-state index contributed by atoms with van der Waals surface area (Å²) in [6, 6.07) is 0. The molecule has 16 nitrogen and oxygen atoms in total. The van der Waals surface area contributed by atoms with Gasteiger partial charge in [-0.2, -0.15) is 0 Å². The summed E-state index contributed by atoms with van der Waals surface area (Å²) < 4.78 is 61.1. The van der Waals surface area contributed by atoms with Crippen LogP contribution in [-0.4, -0.2) is 95.9 Å². The molecule has 622 valence electrons. The van der Waals surface area contributed by atoms with Crippen LogP contribution >= 0.6 is 15.6 Å². The van der Waals surface area contributed by atoms with Gasteiger partial charge in [-0.15, -0.1) is 0 Å². The summed E-state index contributed by atoms with van der Waals surface area (Å²) in [6.45, 7) is 2.41. The molecule has 0 fully saturated rings. The van der Waals surface area contributed by atoms with Crippen molar-refractivity contribution in [3.05, 3.63) is 170 Å². The summed E-state index contributed by atoms with van der Waals surface area (Å²) in [4.78, 5) is 58.7. The number of hydrogen-bond acceptors (Lipinski definition) is 14. The maximum absolute atomic E-state index is 13.0. The van der Waals surface area contributed by atoms with Crippen molar-refractivity contribution in [3.63, 3.8) is 0 Å². The molecule has 0 aliphatic rings. The second-order valence-electron chi connectivity index (χ2n) is 27.9. The number of carbonyl (C=O) groups is 3. The number of carbonyl (C=O) groups excluding carboxylic acids is 3. The lowest BCUT2D eigenvalue weighted by Gasteiger charge is -2.21. The molecular weight excluding hydrogens is 1410 g/mol. The largest absolute Gasteiger partial charge is 0.472 e. The Kier molecular flexibility index (Phi) is 78.5. The summed E-state index contributed by atoms with van der Waals surface area (Å²) in [5.41, 5.74) is 0. The van der Waals surface area contributed by atoms with Crippen LogP contribution in [0.2, 0.25) is 0 Å². The molecule has 5 unspecified atom stereocenters. The van der Waals surface area contributed by atoms with E-state index in [1.807, 2.05) is 18.2 Å². The lowest BCUT2D eigenvalue weighted by molar-refractivity contribution is -0.161. The smallest absolute Gasteiger partial charge is 0.463 e. The molecule has 0 aromatic carbocycles. The van der Waals surface area contributed by atoms with E-state index in [0.29, 0.717) is 25.7 Å². The maximum atomic E-state index is 13.0. The number of aliphatic hydroxyl groups is 2. The Morgan fingerprint density at radius 2 is 0.505 bits per heavy atom. The zero-order valence-corrected chi connectivity index (χ0v) is 70.0. The molecule has 0 aromatic heterocycles. The first-order valence-electron chi connectivity index (χ1n) is 42.4. The molecule has 0 aliphatic heterocycles. The average Bonchev–Trinajstić information content (AvgIpc) is 0.900. The molecule has 0 rings (SSSR count). The highest BCUT2D eigenvalue weighted by molar-refractivity contribution is 7.47. The Bertz CT molecular complexity index is 2660. The quantitative estimate of drug-likeness (QED) is 0.0146. The first kappa shape index (κ1) is 104. The number of phosphoric ester groups is 2. The highest BCUT2D eigenvalue weighted by Crippen LogP contribution is 2.45. The van der Waals surface area contributed by atoms with Crippen LogP contribution in [0.25, 0.3) is 0 Å². The summed E-state index contributed by atoms with van der Waals surface area (Å²) in [5, 5.41) is 20.7. The summed E-state index contributed by atoms with van der Waals surface area (Å²) >= 11 is 0. The van der Waals surface area contributed by atoms with Gasteiger partial charge in [-0.05, 0) is 148 Å². The van der Waals surface area contributed by atoms with E-state index in [2.05, 4.69) is 173 Å². The maximum Gasteiger partial charge on any atom is 0.472 e. The Balaban J connectivity index is 4.58. The molecule has 5 atom stereocenters. The van der Waals surface area contributed by atoms with Crippen LogP contribution in [0.3, 0.4) is 0 Å². The van der Waals surface area contributed by atoms with Gasteiger partial charge >= 0.3 is 33.6 Å². The number of phosphoric acid groups is 2. The van der Waals surface area contributed by atoms with E-state index in [9.17, 15) is 43.5 Å².